The van der Waals surface area contributed by atoms with Gasteiger partial charge in [-0.1, -0.05) is 18.5 Å². The molecular weight excluding hydrogens is 230 g/mol. The number of nitrogens with one attached hydrogen (secondary N) is 1. The topological polar surface area (TPSA) is 93.8 Å². The quantitative estimate of drug-likeness (QED) is 0.326. The number of hydrogen-bond acceptors (Lipinski definition) is 4. The molecule has 0 aliphatic carbocycles. The molecule has 1 fully saturated rings. The molecule has 2 unspecified atom stereocenters. The molecule has 0 bridgehead atoms. The van der Waals surface area contributed by atoms with E-state index in [1.807, 2.05) is 0 Å². The minimum atomic E-state index is -0.464. The van der Waals surface area contributed by atoms with E-state index in [0.29, 0.717) is 19.7 Å². The smallest absolute Gasteiger partial charge is 0.111 e. The van der Waals surface area contributed by atoms with E-state index in [4.69, 9.17) is 10.3 Å². The Labute approximate surface area is 108 Å². The van der Waals surface area contributed by atoms with Crippen molar-refractivity contribution in [1.82, 2.24) is 5.32 Å². The van der Waals surface area contributed by atoms with E-state index in [-0.39, 0.29) is 6.10 Å². The Morgan fingerprint density at radius 2 is 2.50 bits per heavy atom. The summed E-state index contributed by atoms with van der Waals surface area (Å²) in [6, 6.07) is 2.40. The van der Waals surface area contributed by atoms with Gasteiger partial charge < -0.3 is 4.74 Å². The highest BCUT2D eigenvalue weighted by Gasteiger charge is 2.36. The fraction of sp³-hybridized carbons (Fsp3) is 0.917. The zero-order chi connectivity index (χ0) is 13.3. The van der Waals surface area contributed by atoms with Crippen molar-refractivity contribution in [2.75, 3.05) is 19.7 Å². The largest absolute Gasteiger partial charge is 0.378 e. The van der Waals surface area contributed by atoms with Crippen molar-refractivity contribution in [2.24, 2.45) is 5.11 Å². The van der Waals surface area contributed by atoms with Gasteiger partial charge in [0.15, 0.2) is 0 Å². The predicted octanol–water partition coefficient (Wildman–Crippen LogP) is 2.52. The molecular formula is C12H21N5O. The van der Waals surface area contributed by atoms with Gasteiger partial charge in [-0.05, 0) is 24.9 Å². The maximum absolute atomic E-state index is 9.38. The number of azide groups is 1. The van der Waals surface area contributed by atoms with Crippen LogP contribution in [0.5, 0.6) is 0 Å². The molecule has 2 atom stereocenters. The summed E-state index contributed by atoms with van der Waals surface area (Å²) in [6.07, 6.45) is 4.50. The van der Waals surface area contributed by atoms with Gasteiger partial charge in [0.05, 0.1) is 12.2 Å². The van der Waals surface area contributed by atoms with Crippen molar-refractivity contribution in [3.05, 3.63) is 10.4 Å². The van der Waals surface area contributed by atoms with Crippen LogP contribution in [0.4, 0.5) is 0 Å². The summed E-state index contributed by atoms with van der Waals surface area (Å²) in [5.41, 5.74) is 7.71. The lowest BCUT2D eigenvalue weighted by Crippen LogP contribution is -2.51. The highest BCUT2D eigenvalue weighted by molar-refractivity contribution is 5.09. The van der Waals surface area contributed by atoms with Gasteiger partial charge >= 0.3 is 0 Å². The second kappa shape index (κ2) is 7.93. The summed E-state index contributed by atoms with van der Waals surface area (Å²) in [5, 5.41) is 16.2. The van der Waals surface area contributed by atoms with E-state index in [1.54, 1.807) is 0 Å². The molecule has 6 nitrogen and oxygen atoms in total. The first-order valence-electron chi connectivity index (χ1n) is 6.55. The van der Waals surface area contributed by atoms with E-state index in [0.717, 1.165) is 32.1 Å². The van der Waals surface area contributed by atoms with Crippen LogP contribution in [-0.4, -0.2) is 31.3 Å². The highest BCUT2D eigenvalue weighted by atomic mass is 16.5. The fourth-order valence-corrected chi connectivity index (χ4v) is 2.28. The van der Waals surface area contributed by atoms with Crippen LogP contribution in [0.2, 0.25) is 0 Å². The molecule has 100 valence electrons. The fourth-order valence-electron chi connectivity index (χ4n) is 2.28. The lowest BCUT2D eigenvalue weighted by Gasteiger charge is -2.36. The lowest BCUT2D eigenvalue weighted by atomic mass is 9.86. The van der Waals surface area contributed by atoms with Crippen molar-refractivity contribution in [3.8, 4) is 6.07 Å². The summed E-state index contributed by atoms with van der Waals surface area (Å²) in [5.74, 6) is 0. The van der Waals surface area contributed by atoms with Gasteiger partial charge in [-0.3, -0.25) is 5.32 Å². The van der Waals surface area contributed by atoms with Crippen LogP contribution in [-0.2, 0) is 4.74 Å². The Morgan fingerprint density at radius 1 is 1.67 bits per heavy atom. The van der Waals surface area contributed by atoms with Crippen LogP contribution >= 0.6 is 0 Å². The predicted molar refractivity (Wildman–Crippen MR) is 68.9 cm³/mol. The first-order chi connectivity index (χ1) is 8.76. The zero-order valence-corrected chi connectivity index (χ0v) is 10.9. The van der Waals surface area contributed by atoms with Crippen molar-refractivity contribution >= 4 is 0 Å². The Morgan fingerprint density at radius 3 is 3.17 bits per heavy atom. The third-order valence-electron chi connectivity index (χ3n) is 3.24. The maximum atomic E-state index is 9.38. The summed E-state index contributed by atoms with van der Waals surface area (Å²) < 4.78 is 5.66. The summed E-state index contributed by atoms with van der Waals surface area (Å²) in [4.78, 5) is 2.71. The Bertz CT molecular complexity index is 332. The van der Waals surface area contributed by atoms with Crippen molar-refractivity contribution in [2.45, 2.75) is 50.7 Å². The van der Waals surface area contributed by atoms with Gasteiger partial charge in [0.1, 0.15) is 5.54 Å². The number of hydrogen-bond donors (Lipinski definition) is 1. The maximum Gasteiger partial charge on any atom is 0.111 e. The summed E-state index contributed by atoms with van der Waals surface area (Å²) in [7, 11) is 0. The first kappa shape index (κ1) is 14.8. The molecule has 1 aliphatic heterocycles. The second-order valence-corrected chi connectivity index (χ2v) is 4.66. The molecule has 0 amide bonds. The van der Waals surface area contributed by atoms with Crippen LogP contribution in [0.25, 0.3) is 10.4 Å². The molecule has 1 saturated heterocycles. The molecule has 0 spiro atoms. The standard InChI is InChI=1S/C12H21N5O/c1-2-4-11-9-12(10-13,5-8-18-11)15-6-3-7-16-17-14/h11,15H,2-9H2,1H3. The number of ether oxygens (including phenoxy) is 1. The zero-order valence-electron chi connectivity index (χ0n) is 10.9. The second-order valence-electron chi connectivity index (χ2n) is 4.66. The Balaban J connectivity index is 2.41. The highest BCUT2D eigenvalue weighted by Crippen LogP contribution is 2.26. The average molecular weight is 251 g/mol. The van der Waals surface area contributed by atoms with E-state index < -0.39 is 5.54 Å². The summed E-state index contributed by atoms with van der Waals surface area (Å²) in [6.45, 7) is 3.94. The van der Waals surface area contributed by atoms with Crippen molar-refractivity contribution < 1.29 is 4.74 Å². The van der Waals surface area contributed by atoms with E-state index in [2.05, 4.69) is 28.3 Å². The first-order valence-corrected chi connectivity index (χ1v) is 6.55. The van der Waals surface area contributed by atoms with Crippen LogP contribution < -0.4 is 5.32 Å². The van der Waals surface area contributed by atoms with Gasteiger partial charge in [-0.2, -0.15) is 5.26 Å². The molecule has 6 heteroatoms. The van der Waals surface area contributed by atoms with Crippen LogP contribution in [0.1, 0.15) is 39.0 Å². The lowest BCUT2D eigenvalue weighted by molar-refractivity contribution is -0.0185. The molecule has 1 heterocycles. The number of rotatable bonds is 7. The molecule has 0 radical (unpaired) electrons. The van der Waals surface area contributed by atoms with E-state index in [1.165, 1.54) is 0 Å². The van der Waals surface area contributed by atoms with Gasteiger partial charge in [-0.25, -0.2) is 0 Å². The van der Waals surface area contributed by atoms with Gasteiger partial charge in [-0.15, -0.1) is 0 Å². The van der Waals surface area contributed by atoms with E-state index >= 15 is 0 Å². The SMILES string of the molecule is CCCC1CC(C#N)(NCCCN=[N+]=[N-])CCO1. The van der Waals surface area contributed by atoms with Crippen LogP contribution in [0.15, 0.2) is 5.11 Å². The van der Waals surface area contributed by atoms with Gasteiger partial charge in [0.2, 0.25) is 0 Å². The molecule has 0 aromatic rings. The van der Waals surface area contributed by atoms with Gasteiger partial charge in [0.25, 0.3) is 0 Å². The van der Waals surface area contributed by atoms with E-state index in [9.17, 15) is 5.26 Å². The molecule has 0 aromatic heterocycles. The van der Waals surface area contributed by atoms with Crippen LogP contribution in [0, 0.1) is 11.3 Å². The molecule has 18 heavy (non-hydrogen) atoms. The Hall–Kier alpha value is -1.28. The Kier molecular flexibility index (Phi) is 6.51. The molecule has 1 N–H and O–H groups in total. The molecule has 1 aliphatic rings. The third-order valence-corrected chi connectivity index (χ3v) is 3.24. The van der Waals surface area contributed by atoms with Crippen molar-refractivity contribution in [3.63, 3.8) is 0 Å². The molecule has 0 saturated carbocycles. The number of nitrogens with zero attached hydrogens (tertiary/aromatic N) is 4. The molecule has 0 aromatic carbocycles. The third kappa shape index (κ3) is 4.53. The number of nitriles is 1. The minimum Gasteiger partial charge on any atom is -0.378 e. The normalized spacial score (nSPS) is 27.2. The summed E-state index contributed by atoms with van der Waals surface area (Å²) >= 11 is 0. The van der Waals surface area contributed by atoms with Crippen molar-refractivity contribution in [1.29, 1.82) is 5.26 Å². The van der Waals surface area contributed by atoms with Gasteiger partial charge in [0, 0.05) is 30.9 Å². The minimum absolute atomic E-state index is 0.188. The monoisotopic (exact) mass is 251 g/mol. The van der Waals surface area contributed by atoms with Crippen LogP contribution in [0.3, 0.4) is 0 Å². The molecule has 1 rings (SSSR count). The average Bonchev–Trinajstić information content (AvgIpc) is 2.39.